The van der Waals surface area contributed by atoms with Crippen LogP contribution in [0, 0.1) is 11.8 Å². The van der Waals surface area contributed by atoms with Crippen LogP contribution in [0.4, 0.5) is 10.5 Å². The third-order valence-corrected chi connectivity index (χ3v) is 6.51. The van der Waals surface area contributed by atoms with Crippen molar-refractivity contribution in [2.45, 2.75) is 79.4 Å². The van der Waals surface area contributed by atoms with Gasteiger partial charge in [-0.1, -0.05) is 70.0 Å². The highest BCUT2D eigenvalue weighted by Crippen LogP contribution is 2.26. The van der Waals surface area contributed by atoms with Gasteiger partial charge in [0.25, 0.3) is 0 Å². The van der Waals surface area contributed by atoms with Crippen molar-refractivity contribution in [3.8, 4) is 0 Å². The Morgan fingerprint density at radius 2 is 1.76 bits per heavy atom. The van der Waals surface area contributed by atoms with Gasteiger partial charge in [-0.3, -0.25) is 9.78 Å². The van der Waals surface area contributed by atoms with Crippen molar-refractivity contribution in [1.82, 2.24) is 15.2 Å². The lowest BCUT2D eigenvalue weighted by Gasteiger charge is -2.34. The van der Waals surface area contributed by atoms with E-state index in [1.165, 1.54) is 24.8 Å². The molecular formula is C34H50N4O3. The van der Waals surface area contributed by atoms with Gasteiger partial charge in [-0.05, 0) is 81.1 Å². The summed E-state index contributed by atoms with van der Waals surface area (Å²) in [5.74, 6) is 1.59. The normalized spacial score (nSPS) is 16.0. The Balaban J connectivity index is 0.000000258. The minimum atomic E-state index is -0.421. The molecule has 1 atom stereocenters. The highest BCUT2D eigenvalue weighted by atomic mass is 16.6. The molecule has 3 aromatic rings. The number of rotatable bonds is 6. The second kappa shape index (κ2) is 18.1. The summed E-state index contributed by atoms with van der Waals surface area (Å²) in [6, 6.07) is 18.0. The number of piperidine rings is 1. The van der Waals surface area contributed by atoms with E-state index >= 15 is 0 Å². The average molecular weight is 563 g/mol. The first kappa shape index (κ1) is 33.8. The second-order valence-corrected chi connectivity index (χ2v) is 11.4. The van der Waals surface area contributed by atoms with Crippen LogP contribution in [0.5, 0.6) is 0 Å². The Morgan fingerprint density at radius 3 is 2.39 bits per heavy atom. The third-order valence-electron chi connectivity index (χ3n) is 6.51. The van der Waals surface area contributed by atoms with E-state index in [9.17, 15) is 9.59 Å². The number of nitrogens with one attached hydrogen (secondary N) is 2. The van der Waals surface area contributed by atoms with Crippen LogP contribution in [0.2, 0.25) is 0 Å². The van der Waals surface area contributed by atoms with Crippen molar-refractivity contribution in [3.63, 3.8) is 0 Å². The van der Waals surface area contributed by atoms with Crippen LogP contribution in [0.1, 0.15) is 72.8 Å². The Labute approximate surface area is 247 Å². The Kier molecular flexibility index (Phi) is 14.9. The monoisotopic (exact) mass is 562 g/mol. The SMILES string of the molecule is CC.CC(C)(C)OC(=O)N1CCCC(CNCc2ccccc2)C1.CC1CC1.O=CNc1ccc2cnccc2c1. The molecule has 2 heterocycles. The van der Waals surface area contributed by atoms with Crippen molar-refractivity contribution in [3.05, 3.63) is 72.6 Å². The molecule has 0 spiro atoms. The Bertz CT molecular complexity index is 1160. The lowest BCUT2D eigenvalue weighted by Crippen LogP contribution is -2.44. The largest absolute Gasteiger partial charge is 0.444 e. The van der Waals surface area contributed by atoms with E-state index in [0.29, 0.717) is 12.3 Å². The number of amides is 2. The van der Waals surface area contributed by atoms with Gasteiger partial charge in [-0.15, -0.1) is 0 Å². The number of hydrogen-bond acceptors (Lipinski definition) is 5. The zero-order valence-electron chi connectivity index (χ0n) is 25.9. The fourth-order valence-electron chi connectivity index (χ4n) is 4.15. The molecule has 2 N–H and O–H groups in total. The number of pyridine rings is 1. The number of ether oxygens (including phenoxy) is 1. The van der Waals surface area contributed by atoms with Crippen molar-refractivity contribution >= 4 is 29.0 Å². The number of hydrogen-bond donors (Lipinski definition) is 2. The molecule has 1 saturated carbocycles. The van der Waals surface area contributed by atoms with Crippen molar-refractivity contribution in [2.75, 3.05) is 25.0 Å². The van der Waals surface area contributed by atoms with Crippen LogP contribution in [0.3, 0.4) is 0 Å². The van der Waals surface area contributed by atoms with E-state index in [1.54, 1.807) is 12.4 Å². The van der Waals surface area contributed by atoms with E-state index in [-0.39, 0.29) is 6.09 Å². The van der Waals surface area contributed by atoms with Gasteiger partial charge in [-0.25, -0.2) is 4.79 Å². The van der Waals surface area contributed by atoms with Gasteiger partial charge in [0, 0.05) is 43.1 Å². The maximum absolute atomic E-state index is 12.1. The standard InChI is InChI=1S/C18H28N2O2.C10H8N2O.C4H8.C2H6/c1-18(2,3)22-17(21)20-11-7-10-16(14-20)13-19-12-15-8-5-4-6-9-15;13-7-12-10-2-1-9-6-11-4-3-8(9)5-10;1-4-2-3-4;1-2/h4-6,8-9,16,19H,7,10-14H2,1-3H3;1-7H,(H,12,13);4H,2-3H2,1H3;1-2H3. The summed E-state index contributed by atoms with van der Waals surface area (Å²) in [5.41, 5.74) is 1.67. The van der Waals surface area contributed by atoms with E-state index in [4.69, 9.17) is 4.74 Å². The van der Waals surface area contributed by atoms with E-state index in [2.05, 4.69) is 46.8 Å². The van der Waals surface area contributed by atoms with E-state index in [1.807, 2.05) is 69.9 Å². The van der Waals surface area contributed by atoms with Crippen LogP contribution in [-0.2, 0) is 16.1 Å². The molecule has 2 aromatic carbocycles. The minimum Gasteiger partial charge on any atom is -0.444 e. The van der Waals surface area contributed by atoms with Gasteiger partial charge in [0.1, 0.15) is 5.60 Å². The number of aromatic nitrogens is 1. The maximum Gasteiger partial charge on any atom is 0.410 e. The van der Waals surface area contributed by atoms with Crippen molar-refractivity contribution in [1.29, 1.82) is 0 Å². The molecule has 224 valence electrons. The molecule has 41 heavy (non-hydrogen) atoms. The summed E-state index contributed by atoms with van der Waals surface area (Å²) in [4.78, 5) is 28.2. The number of anilines is 1. The smallest absolute Gasteiger partial charge is 0.410 e. The molecule has 1 saturated heterocycles. The van der Waals surface area contributed by atoms with Gasteiger partial charge >= 0.3 is 6.09 Å². The molecule has 7 heteroatoms. The topological polar surface area (TPSA) is 83.6 Å². The summed E-state index contributed by atoms with van der Waals surface area (Å²) >= 11 is 0. The van der Waals surface area contributed by atoms with Crippen LogP contribution in [0.25, 0.3) is 10.8 Å². The predicted octanol–water partition coefficient (Wildman–Crippen LogP) is 7.67. The second-order valence-electron chi connectivity index (χ2n) is 11.4. The predicted molar refractivity (Wildman–Crippen MR) is 170 cm³/mol. The highest BCUT2D eigenvalue weighted by Gasteiger charge is 2.27. The lowest BCUT2D eigenvalue weighted by atomic mass is 9.98. The molecule has 2 fully saturated rings. The molecule has 1 unspecified atom stereocenters. The first-order valence-corrected chi connectivity index (χ1v) is 15.0. The van der Waals surface area contributed by atoms with Gasteiger partial charge < -0.3 is 20.3 Å². The molecule has 7 nitrogen and oxygen atoms in total. The molecule has 2 amide bonds. The fraction of sp³-hybridized carbons (Fsp3) is 0.500. The maximum atomic E-state index is 12.1. The van der Waals surface area contributed by atoms with Gasteiger partial charge in [0.05, 0.1) is 0 Å². The van der Waals surface area contributed by atoms with E-state index < -0.39 is 5.60 Å². The summed E-state index contributed by atoms with van der Waals surface area (Å²) in [5, 5.41) is 8.24. The highest BCUT2D eigenvalue weighted by molar-refractivity contribution is 5.87. The molecule has 1 aliphatic heterocycles. The molecule has 0 radical (unpaired) electrons. The Morgan fingerprint density at radius 1 is 1.05 bits per heavy atom. The molecule has 1 aromatic heterocycles. The zero-order valence-corrected chi connectivity index (χ0v) is 25.9. The number of nitrogens with zero attached hydrogens (tertiary/aromatic N) is 2. The van der Waals surface area contributed by atoms with Crippen LogP contribution in [0.15, 0.2) is 67.0 Å². The quantitative estimate of drug-likeness (QED) is 0.301. The van der Waals surface area contributed by atoms with Crippen molar-refractivity contribution < 1.29 is 14.3 Å². The number of fused-ring (bicyclic) bond motifs is 1. The van der Waals surface area contributed by atoms with Crippen LogP contribution < -0.4 is 10.6 Å². The molecule has 5 rings (SSSR count). The average Bonchev–Trinajstić information content (AvgIpc) is 3.77. The number of carbonyl (C=O) groups excluding carboxylic acids is 2. The zero-order chi connectivity index (χ0) is 30.1. The lowest BCUT2D eigenvalue weighted by molar-refractivity contribution is -0.105. The Hall–Kier alpha value is -3.45. The number of likely N-dealkylation sites (tertiary alicyclic amines) is 1. The molecule has 0 bridgehead atoms. The van der Waals surface area contributed by atoms with Gasteiger partial charge in [0.2, 0.25) is 6.41 Å². The van der Waals surface area contributed by atoms with Gasteiger partial charge in [-0.2, -0.15) is 0 Å². The first-order valence-electron chi connectivity index (χ1n) is 15.0. The molecule has 1 aliphatic carbocycles. The van der Waals surface area contributed by atoms with Gasteiger partial charge in [0.15, 0.2) is 0 Å². The van der Waals surface area contributed by atoms with Crippen LogP contribution in [-0.4, -0.2) is 47.6 Å². The first-order chi connectivity index (χ1) is 19.7. The van der Waals surface area contributed by atoms with Crippen molar-refractivity contribution in [2.24, 2.45) is 11.8 Å². The van der Waals surface area contributed by atoms with E-state index in [0.717, 1.165) is 55.0 Å². The number of carbonyl (C=O) groups is 2. The van der Waals surface area contributed by atoms with Crippen LogP contribution >= 0.6 is 0 Å². The molecular weight excluding hydrogens is 512 g/mol. The molecule has 2 aliphatic rings. The summed E-state index contributed by atoms with van der Waals surface area (Å²) < 4.78 is 5.47. The number of benzene rings is 2. The fourth-order valence-corrected chi connectivity index (χ4v) is 4.15. The summed E-state index contributed by atoms with van der Waals surface area (Å²) in [6.45, 7) is 15.4. The minimum absolute atomic E-state index is 0.180. The summed E-state index contributed by atoms with van der Waals surface area (Å²) in [7, 11) is 0. The summed E-state index contributed by atoms with van der Waals surface area (Å²) in [6.07, 6.45) is 9.20. The third kappa shape index (κ3) is 14.1.